The maximum absolute atomic E-state index is 5.85. The molecule has 2 rings (SSSR count). The van der Waals surface area contributed by atoms with Crippen LogP contribution in [-0.4, -0.2) is 16.7 Å². The summed E-state index contributed by atoms with van der Waals surface area (Å²) >= 11 is 7.50. The molecule has 1 heterocycles. The topological polar surface area (TPSA) is 64.9 Å². The number of hydrogen-bond acceptors (Lipinski definition) is 5. The molecule has 2 N–H and O–H groups in total. The largest absolute Gasteiger partial charge is 0.339 e. The second-order valence-electron chi connectivity index (χ2n) is 4.88. The van der Waals surface area contributed by atoms with Crippen LogP contribution in [0.1, 0.15) is 31.5 Å². The van der Waals surface area contributed by atoms with Gasteiger partial charge in [-0.15, -0.1) is 11.8 Å². The van der Waals surface area contributed by atoms with E-state index in [9.17, 15) is 0 Å². The Bertz CT molecular complexity index is 542. The number of halogens is 1. The van der Waals surface area contributed by atoms with Gasteiger partial charge >= 0.3 is 0 Å². The molecule has 0 aliphatic rings. The van der Waals surface area contributed by atoms with Gasteiger partial charge in [0.15, 0.2) is 5.82 Å². The van der Waals surface area contributed by atoms with Crippen LogP contribution in [0.5, 0.6) is 0 Å². The van der Waals surface area contributed by atoms with Crippen molar-refractivity contribution in [1.29, 1.82) is 0 Å². The van der Waals surface area contributed by atoms with Crippen molar-refractivity contribution in [2.45, 2.75) is 30.4 Å². The average Bonchev–Trinajstić information content (AvgIpc) is 2.87. The first-order chi connectivity index (χ1) is 9.60. The fraction of sp³-hybridized carbons (Fsp3) is 0.429. The molecule has 2 aromatic rings. The van der Waals surface area contributed by atoms with Crippen LogP contribution in [0, 0.1) is 5.92 Å². The smallest absolute Gasteiger partial charge is 0.231 e. The Morgan fingerprint density at radius 2 is 2.00 bits per heavy atom. The number of nitrogens with two attached hydrogens (primary N) is 1. The minimum Gasteiger partial charge on any atom is -0.339 e. The molecule has 0 saturated carbocycles. The Balaban J connectivity index is 1.97. The highest BCUT2D eigenvalue weighted by Crippen LogP contribution is 2.25. The third-order valence-electron chi connectivity index (χ3n) is 3.04. The number of aromatic nitrogens is 2. The molecule has 0 spiro atoms. The second-order valence-corrected chi connectivity index (χ2v) is 6.36. The zero-order chi connectivity index (χ0) is 14.5. The fourth-order valence-corrected chi connectivity index (χ4v) is 2.68. The molecule has 0 bridgehead atoms. The summed E-state index contributed by atoms with van der Waals surface area (Å²) < 4.78 is 5.31. The average molecular weight is 312 g/mol. The van der Waals surface area contributed by atoms with Crippen LogP contribution >= 0.6 is 23.4 Å². The zero-order valence-electron chi connectivity index (χ0n) is 11.5. The summed E-state index contributed by atoms with van der Waals surface area (Å²) in [4.78, 5) is 5.56. The van der Waals surface area contributed by atoms with Crippen molar-refractivity contribution >= 4 is 23.4 Å². The molecule has 1 atom stereocenters. The first-order valence-corrected chi connectivity index (χ1v) is 7.87. The van der Waals surface area contributed by atoms with Gasteiger partial charge in [-0.05, 0) is 30.2 Å². The van der Waals surface area contributed by atoms with Crippen LogP contribution in [0.3, 0.4) is 0 Å². The van der Waals surface area contributed by atoms with Crippen molar-refractivity contribution in [3.63, 3.8) is 0 Å². The van der Waals surface area contributed by atoms with Crippen molar-refractivity contribution in [3.8, 4) is 0 Å². The Morgan fingerprint density at radius 3 is 2.60 bits per heavy atom. The number of nitrogens with zero attached hydrogens (tertiary/aromatic N) is 2. The summed E-state index contributed by atoms with van der Waals surface area (Å²) in [5.74, 6) is 2.50. The van der Waals surface area contributed by atoms with Gasteiger partial charge in [-0.2, -0.15) is 4.98 Å². The normalized spacial score (nSPS) is 12.8. The predicted octanol–water partition coefficient (Wildman–Crippen LogP) is 3.71. The van der Waals surface area contributed by atoms with Gasteiger partial charge in [0.2, 0.25) is 5.89 Å². The number of benzene rings is 1. The molecule has 1 aromatic carbocycles. The highest BCUT2D eigenvalue weighted by Gasteiger charge is 2.20. The highest BCUT2D eigenvalue weighted by atomic mass is 35.5. The van der Waals surface area contributed by atoms with E-state index in [-0.39, 0.29) is 5.92 Å². The van der Waals surface area contributed by atoms with Crippen molar-refractivity contribution in [1.82, 2.24) is 10.1 Å². The van der Waals surface area contributed by atoms with E-state index in [0.29, 0.717) is 29.9 Å². The van der Waals surface area contributed by atoms with Crippen molar-refractivity contribution < 1.29 is 4.52 Å². The van der Waals surface area contributed by atoms with E-state index in [0.717, 1.165) is 9.92 Å². The zero-order valence-corrected chi connectivity index (χ0v) is 13.1. The van der Waals surface area contributed by atoms with Gasteiger partial charge in [0.25, 0.3) is 0 Å². The Labute approximate surface area is 128 Å². The summed E-state index contributed by atoms with van der Waals surface area (Å²) in [6.45, 7) is 4.72. The summed E-state index contributed by atoms with van der Waals surface area (Å²) in [5, 5.41) is 4.75. The van der Waals surface area contributed by atoms with Gasteiger partial charge in [-0.25, -0.2) is 0 Å². The van der Waals surface area contributed by atoms with E-state index in [4.69, 9.17) is 21.9 Å². The van der Waals surface area contributed by atoms with Crippen LogP contribution in [-0.2, 0) is 5.75 Å². The first kappa shape index (κ1) is 15.4. The monoisotopic (exact) mass is 311 g/mol. The quantitative estimate of drug-likeness (QED) is 0.824. The molecule has 1 unspecified atom stereocenters. The minimum absolute atomic E-state index is 0.122. The lowest BCUT2D eigenvalue weighted by Crippen LogP contribution is -2.18. The van der Waals surface area contributed by atoms with Crippen molar-refractivity contribution in [2.75, 3.05) is 6.54 Å². The molecule has 0 saturated heterocycles. The molecular formula is C14H18ClN3OS. The summed E-state index contributed by atoms with van der Waals surface area (Å²) in [7, 11) is 0. The van der Waals surface area contributed by atoms with E-state index in [1.807, 2.05) is 24.3 Å². The Hall–Kier alpha value is -1.04. The van der Waals surface area contributed by atoms with E-state index >= 15 is 0 Å². The first-order valence-electron chi connectivity index (χ1n) is 6.51. The summed E-state index contributed by atoms with van der Waals surface area (Å²) in [5.41, 5.74) is 5.75. The Morgan fingerprint density at radius 1 is 1.30 bits per heavy atom. The molecule has 0 amide bonds. The van der Waals surface area contributed by atoms with Gasteiger partial charge in [0.1, 0.15) is 0 Å². The molecule has 0 fully saturated rings. The molecule has 1 aromatic heterocycles. The summed E-state index contributed by atoms with van der Waals surface area (Å²) in [6, 6.07) is 7.69. The molecular weight excluding hydrogens is 294 g/mol. The van der Waals surface area contributed by atoms with Crippen LogP contribution in [0.4, 0.5) is 0 Å². The van der Waals surface area contributed by atoms with E-state index in [1.54, 1.807) is 11.8 Å². The number of hydrogen-bond donors (Lipinski definition) is 1. The lowest BCUT2D eigenvalue weighted by molar-refractivity contribution is 0.322. The van der Waals surface area contributed by atoms with E-state index < -0.39 is 0 Å². The Kier molecular flexibility index (Phi) is 5.46. The lowest BCUT2D eigenvalue weighted by atomic mass is 9.96. The van der Waals surface area contributed by atoms with Gasteiger partial charge in [0, 0.05) is 16.5 Å². The van der Waals surface area contributed by atoms with Crippen LogP contribution in [0.2, 0.25) is 5.02 Å². The molecule has 0 aliphatic carbocycles. The maximum Gasteiger partial charge on any atom is 0.231 e. The highest BCUT2D eigenvalue weighted by molar-refractivity contribution is 7.98. The van der Waals surface area contributed by atoms with Gasteiger partial charge in [-0.1, -0.05) is 30.6 Å². The lowest BCUT2D eigenvalue weighted by Gasteiger charge is -2.13. The minimum atomic E-state index is 0.122. The van der Waals surface area contributed by atoms with Crippen LogP contribution in [0.25, 0.3) is 0 Å². The third-order valence-corrected chi connectivity index (χ3v) is 4.30. The van der Waals surface area contributed by atoms with E-state index in [1.165, 1.54) is 0 Å². The molecule has 20 heavy (non-hydrogen) atoms. The predicted molar refractivity (Wildman–Crippen MR) is 81.9 cm³/mol. The van der Waals surface area contributed by atoms with Gasteiger partial charge in [0.05, 0.1) is 11.7 Å². The van der Waals surface area contributed by atoms with Gasteiger partial charge < -0.3 is 10.3 Å². The molecule has 108 valence electrons. The maximum atomic E-state index is 5.85. The third kappa shape index (κ3) is 3.98. The number of thioether (sulfide) groups is 1. The van der Waals surface area contributed by atoms with Gasteiger partial charge in [-0.3, -0.25) is 0 Å². The molecule has 4 nitrogen and oxygen atoms in total. The van der Waals surface area contributed by atoms with Crippen molar-refractivity contribution in [2.24, 2.45) is 11.7 Å². The second kappa shape index (κ2) is 7.11. The van der Waals surface area contributed by atoms with Crippen LogP contribution < -0.4 is 5.73 Å². The van der Waals surface area contributed by atoms with Crippen LogP contribution in [0.15, 0.2) is 33.7 Å². The molecule has 6 heteroatoms. The SMILES string of the molecule is CC(C)C(CN)c1nc(CSc2ccc(Cl)cc2)no1. The molecule has 0 radical (unpaired) electrons. The number of rotatable bonds is 6. The van der Waals surface area contributed by atoms with Crippen molar-refractivity contribution in [3.05, 3.63) is 41.0 Å². The fourth-order valence-electron chi connectivity index (χ4n) is 1.81. The standard InChI is InChI=1S/C14H18ClN3OS/c1-9(2)12(7-16)14-17-13(18-19-14)8-20-11-5-3-10(15)4-6-11/h3-6,9,12H,7-8,16H2,1-2H3. The summed E-state index contributed by atoms with van der Waals surface area (Å²) in [6.07, 6.45) is 0. The molecule has 0 aliphatic heterocycles. The van der Waals surface area contributed by atoms with E-state index in [2.05, 4.69) is 24.0 Å².